The predicted octanol–water partition coefficient (Wildman–Crippen LogP) is 0.125. The van der Waals surface area contributed by atoms with Gasteiger partial charge in [-0.05, 0) is 19.4 Å². The van der Waals surface area contributed by atoms with Crippen molar-refractivity contribution < 1.29 is 13.5 Å². The Morgan fingerprint density at radius 3 is 2.67 bits per heavy atom. The van der Waals surface area contributed by atoms with Gasteiger partial charge in [0.15, 0.2) is 0 Å². The molecule has 1 atom stereocenters. The Balaban J connectivity index is 2.44. The summed E-state index contributed by atoms with van der Waals surface area (Å²) in [6.45, 7) is 4.58. The predicted molar refractivity (Wildman–Crippen MR) is 60.6 cm³/mol. The van der Waals surface area contributed by atoms with Crippen LogP contribution < -0.4 is 0 Å². The monoisotopic (exact) mass is 235 g/mol. The number of hydrogen-bond donors (Lipinski definition) is 1. The van der Waals surface area contributed by atoms with Crippen molar-refractivity contribution in [1.29, 1.82) is 0 Å². The SMILES string of the molecule is CC1(CO)CCCN(CCS(C)(=O)=O)C1. The molecule has 0 saturated carbocycles. The van der Waals surface area contributed by atoms with Crippen LogP contribution in [0.1, 0.15) is 19.8 Å². The van der Waals surface area contributed by atoms with Crippen molar-refractivity contribution in [2.24, 2.45) is 5.41 Å². The molecule has 1 aliphatic rings. The number of nitrogens with zero attached hydrogens (tertiary/aromatic N) is 1. The molecule has 1 saturated heterocycles. The Morgan fingerprint density at radius 2 is 2.13 bits per heavy atom. The van der Waals surface area contributed by atoms with Crippen molar-refractivity contribution in [3.05, 3.63) is 0 Å². The standard InChI is InChI=1S/C10H21NO3S/c1-10(9-12)4-3-5-11(8-10)6-7-15(2,13)14/h12H,3-9H2,1-2H3. The van der Waals surface area contributed by atoms with Crippen molar-refractivity contribution in [3.63, 3.8) is 0 Å². The quantitative estimate of drug-likeness (QED) is 0.752. The molecule has 0 aromatic rings. The van der Waals surface area contributed by atoms with Crippen molar-refractivity contribution in [3.8, 4) is 0 Å². The third-order valence-electron chi connectivity index (χ3n) is 3.02. The molecule has 4 nitrogen and oxygen atoms in total. The number of piperidine rings is 1. The summed E-state index contributed by atoms with van der Waals surface area (Å²) in [4.78, 5) is 2.14. The molecule has 1 rings (SSSR count). The van der Waals surface area contributed by atoms with Gasteiger partial charge in [-0.3, -0.25) is 0 Å². The largest absolute Gasteiger partial charge is 0.396 e. The van der Waals surface area contributed by atoms with Crippen LogP contribution in [-0.2, 0) is 9.84 Å². The van der Waals surface area contributed by atoms with E-state index in [0.29, 0.717) is 6.54 Å². The molecular weight excluding hydrogens is 214 g/mol. The average Bonchev–Trinajstić information content (AvgIpc) is 2.14. The van der Waals surface area contributed by atoms with Gasteiger partial charge in [0.1, 0.15) is 9.84 Å². The normalized spacial score (nSPS) is 29.3. The summed E-state index contributed by atoms with van der Waals surface area (Å²) in [7, 11) is -2.87. The fraction of sp³-hybridized carbons (Fsp3) is 1.00. The van der Waals surface area contributed by atoms with Crippen LogP contribution in [0.25, 0.3) is 0 Å². The molecule has 1 aliphatic heterocycles. The Hall–Kier alpha value is -0.130. The smallest absolute Gasteiger partial charge is 0.148 e. The minimum Gasteiger partial charge on any atom is -0.396 e. The number of likely N-dealkylation sites (tertiary alicyclic amines) is 1. The van der Waals surface area contributed by atoms with Gasteiger partial charge in [0.2, 0.25) is 0 Å². The first-order chi connectivity index (χ1) is 6.85. The Labute approximate surface area is 92.2 Å². The van der Waals surface area contributed by atoms with Gasteiger partial charge in [0.05, 0.1) is 5.75 Å². The second kappa shape index (κ2) is 4.80. The molecule has 5 heteroatoms. The molecule has 15 heavy (non-hydrogen) atoms. The number of aliphatic hydroxyl groups is 1. The maximum absolute atomic E-state index is 11.0. The Morgan fingerprint density at radius 1 is 1.47 bits per heavy atom. The lowest BCUT2D eigenvalue weighted by atomic mass is 9.83. The first-order valence-corrected chi connectivity index (χ1v) is 7.42. The zero-order valence-corrected chi connectivity index (χ0v) is 10.4. The summed E-state index contributed by atoms with van der Waals surface area (Å²) in [6.07, 6.45) is 3.34. The van der Waals surface area contributed by atoms with E-state index in [4.69, 9.17) is 0 Å². The molecule has 90 valence electrons. The minimum atomic E-state index is -2.87. The van der Waals surface area contributed by atoms with Crippen LogP contribution in [0.4, 0.5) is 0 Å². The maximum atomic E-state index is 11.0. The molecule has 1 fully saturated rings. The van der Waals surface area contributed by atoms with Crippen LogP contribution in [-0.4, -0.2) is 56.7 Å². The second-order valence-electron chi connectivity index (χ2n) is 4.98. The third kappa shape index (κ3) is 4.49. The van der Waals surface area contributed by atoms with E-state index >= 15 is 0 Å². The fourth-order valence-corrected chi connectivity index (χ4v) is 2.63. The maximum Gasteiger partial charge on any atom is 0.148 e. The lowest BCUT2D eigenvalue weighted by Crippen LogP contribution is -2.45. The van der Waals surface area contributed by atoms with Crippen LogP contribution in [0.15, 0.2) is 0 Å². The van der Waals surface area contributed by atoms with E-state index in [1.807, 2.05) is 0 Å². The van der Waals surface area contributed by atoms with Crippen molar-refractivity contribution >= 4 is 9.84 Å². The van der Waals surface area contributed by atoms with Crippen molar-refractivity contribution in [2.45, 2.75) is 19.8 Å². The van der Waals surface area contributed by atoms with E-state index in [0.717, 1.165) is 25.9 Å². The number of aliphatic hydroxyl groups excluding tert-OH is 1. The van der Waals surface area contributed by atoms with E-state index in [9.17, 15) is 13.5 Å². The van der Waals surface area contributed by atoms with Crippen LogP contribution >= 0.6 is 0 Å². The lowest BCUT2D eigenvalue weighted by Gasteiger charge is -2.39. The molecule has 1 heterocycles. The molecule has 0 aromatic heterocycles. The lowest BCUT2D eigenvalue weighted by molar-refractivity contribution is 0.0497. The Bertz CT molecular complexity index is 302. The highest BCUT2D eigenvalue weighted by molar-refractivity contribution is 7.90. The zero-order valence-electron chi connectivity index (χ0n) is 9.57. The van der Waals surface area contributed by atoms with Gasteiger partial charge < -0.3 is 10.0 Å². The highest BCUT2D eigenvalue weighted by Crippen LogP contribution is 2.28. The van der Waals surface area contributed by atoms with Gasteiger partial charge in [-0.1, -0.05) is 6.92 Å². The topological polar surface area (TPSA) is 57.6 Å². The number of hydrogen-bond acceptors (Lipinski definition) is 4. The highest BCUT2D eigenvalue weighted by Gasteiger charge is 2.30. The molecule has 1 unspecified atom stereocenters. The average molecular weight is 235 g/mol. The molecule has 1 N–H and O–H groups in total. The van der Waals surface area contributed by atoms with Crippen molar-refractivity contribution in [2.75, 3.05) is 38.2 Å². The van der Waals surface area contributed by atoms with Gasteiger partial charge in [-0.25, -0.2) is 8.42 Å². The Kier molecular flexibility index (Phi) is 4.14. The van der Waals surface area contributed by atoms with E-state index in [-0.39, 0.29) is 17.8 Å². The number of sulfone groups is 1. The van der Waals surface area contributed by atoms with Crippen LogP contribution in [0.5, 0.6) is 0 Å². The fourth-order valence-electron chi connectivity index (χ4n) is 2.04. The summed E-state index contributed by atoms with van der Waals surface area (Å²) < 4.78 is 22.1. The molecule has 0 radical (unpaired) electrons. The zero-order chi connectivity index (χ0) is 11.5. The number of rotatable bonds is 4. The molecule has 0 bridgehead atoms. The molecule has 0 aromatic carbocycles. The summed E-state index contributed by atoms with van der Waals surface area (Å²) in [5.74, 6) is 0.217. The van der Waals surface area contributed by atoms with E-state index in [1.54, 1.807) is 0 Å². The first-order valence-electron chi connectivity index (χ1n) is 5.36. The van der Waals surface area contributed by atoms with Crippen LogP contribution in [0.3, 0.4) is 0 Å². The van der Waals surface area contributed by atoms with Gasteiger partial charge >= 0.3 is 0 Å². The van der Waals surface area contributed by atoms with Gasteiger partial charge in [0.25, 0.3) is 0 Å². The van der Waals surface area contributed by atoms with E-state index in [1.165, 1.54) is 6.26 Å². The minimum absolute atomic E-state index is 0.0459. The van der Waals surface area contributed by atoms with E-state index < -0.39 is 9.84 Å². The summed E-state index contributed by atoms with van der Waals surface area (Å²) in [6, 6.07) is 0. The summed E-state index contributed by atoms with van der Waals surface area (Å²) in [5, 5.41) is 9.25. The highest BCUT2D eigenvalue weighted by atomic mass is 32.2. The molecule has 0 amide bonds. The molecular formula is C10H21NO3S. The van der Waals surface area contributed by atoms with Gasteiger partial charge in [-0.15, -0.1) is 0 Å². The van der Waals surface area contributed by atoms with E-state index in [2.05, 4.69) is 11.8 Å². The molecule has 0 aliphatic carbocycles. The molecule has 0 spiro atoms. The van der Waals surface area contributed by atoms with Crippen molar-refractivity contribution in [1.82, 2.24) is 4.90 Å². The summed E-state index contributed by atoms with van der Waals surface area (Å²) in [5.41, 5.74) is -0.0459. The first kappa shape index (κ1) is 12.9. The third-order valence-corrected chi connectivity index (χ3v) is 3.94. The van der Waals surface area contributed by atoms with Crippen LogP contribution in [0.2, 0.25) is 0 Å². The summed E-state index contributed by atoms with van der Waals surface area (Å²) >= 11 is 0. The van der Waals surface area contributed by atoms with Gasteiger partial charge in [0, 0.05) is 31.4 Å². The second-order valence-corrected chi connectivity index (χ2v) is 7.24. The van der Waals surface area contributed by atoms with Crippen LogP contribution in [0, 0.1) is 5.41 Å². The van der Waals surface area contributed by atoms with Gasteiger partial charge in [-0.2, -0.15) is 0 Å².